The van der Waals surface area contributed by atoms with E-state index in [1.165, 1.54) is 18.5 Å². The summed E-state index contributed by atoms with van der Waals surface area (Å²) in [4.78, 5) is 20.9. The minimum atomic E-state index is -0.313. The van der Waals surface area contributed by atoms with Gasteiger partial charge in [-0.05, 0) is 60.5 Å². The van der Waals surface area contributed by atoms with Gasteiger partial charge in [-0.3, -0.25) is 4.79 Å². The second-order valence-electron chi connectivity index (χ2n) is 6.99. The van der Waals surface area contributed by atoms with Crippen LogP contribution in [-0.2, 0) is 6.54 Å². The molecule has 0 aliphatic carbocycles. The zero-order valence-electron chi connectivity index (χ0n) is 16.9. The van der Waals surface area contributed by atoms with Gasteiger partial charge < -0.3 is 10.1 Å². The van der Waals surface area contributed by atoms with Crippen LogP contribution in [0.25, 0.3) is 11.3 Å². The lowest BCUT2D eigenvalue weighted by molar-refractivity contribution is 0.0950. The van der Waals surface area contributed by atoms with Crippen molar-refractivity contribution in [2.45, 2.75) is 13.5 Å². The lowest BCUT2D eigenvalue weighted by Crippen LogP contribution is -2.23. The molecule has 0 spiro atoms. The normalized spacial score (nSPS) is 10.5. The van der Waals surface area contributed by atoms with Crippen LogP contribution >= 0.6 is 0 Å². The molecular formula is C25H20FN3O2. The fourth-order valence-electron chi connectivity index (χ4n) is 3.08. The Bertz CT molecular complexity index is 1210. The molecule has 0 radical (unpaired) electrons. The Morgan fingerprint density at radius 3 is 2.58 bits per heavy atom. The highest BCUT2D eigenvalue weighted by molar-refractivity contribution is 5.94. The Balaban J connectivity index is 1.46. The van der Waals surface area contributed by atoms with Crippen molar-refractivity contribution in [3.63, 3.8) is 0 Å². The van der Waals surface area contributed by atoms with Crippen LogP contribution in [0.15, 0.2) is 85.2 Å². The van der Waals surface area contributed by atoms with E-state index in [1.807, 2.05) is 31.2 Å². The number of carbonyl (C=O) groups is 1. The van der Waals surface area contributed by atoms with Crippen molar-refractivity contribution in [2.75, 3.05) is 0 Å². The highest BCUT2D eigenvalue weighted by atomic mass is 19.1. The second-order valence-corrected chi connectivity index (χ2v) is 6.99. The van der Waals surface area contributed by atoms with Gasteiger partial charge in [0.1, 0.15) is 17.9 Å². The maximum Gasteiger partial charge on any atom is 0.251 e. The fraction of sp³-hybridized carbons (Fsp3) is 0.0800. The van der Waals surface area contributed by atoms with Gasteiger partial charge in [0.2, 0.25) is 5.88 Å². The van der Waals surface area contributed by atoms with Gasteiger partial charge in [0, 0.05) is 23.7 Å². The molecule has 0 fully saturated rings. The maximum absolute atomic E-state index is 13.2. The standard InChI is InChI=1S/C25H20FN3O2/c1-17-5-2-3-6-20(17)15-27-25(30)19-7-4-8-22(13-19)31-24-14-23(28-16-29-24)18-9-11-21(26)12-10-18/h2-14,16H,15H2,1H3,(H,27,30). The molecule has 0 atom stereocenters. The molecule has 6 heteroatoms. The summed E-state index contributed by atoms with van der Waals surface area (Å²) in [6, 6.07) is 22.5. The van der Waals surface area contributed by atoms with Crippen LogP contribution in [0.5, 0.6) is 11.6 Å². The first-order valence-electron chi connectivity index (χ1n) is 9.77. The number of aryl methyl sites for hydroxylation is 1. The average Bonchev–Trinajstić information content (AvgIpc) is 2.79. The Morgan fingerprint density at radius 1 is 0.968 bits per heavy atom. The SMILES string of the molecule is Cc1ccccc1CNC(=O)c1cccc(Oc2cc(-c3ccc(F)cc3)ncn2)c1. The number of nitrogens with one attached hydrogen (secondary N) is 1. The summed E-state index contributed by atoms with van der Waals surface area (Å²) >= 11 is 0. The van der Waals surface area contributed by atoms with Crippen LogP contribution in [0, 0.1) is 12.7 Å². The van der Waals surface area contributed by atoms with Gasteiger partial charge in [0.25, 0.3) is 5.91 Å². The van der Waals surface area contributed by atoms with Gasteiger partial charge in [-0.15, -0.1) is 0 Å². The topological polar surface area (TPSA) is 64.1 Å². The summed E-state index contributed by atoms with van der Waals surface area (Å²) in [6.45, 7) is 2.46. The van der Waals surface area contributed by atoms with Gasteiger partial charge in [0.05, 0.1) is 5.69 Å². The molecule has 154 valence electrons. The van der Waals surface area contributed by atoms with Gasteiger partial charge in [-0.2, -0.15) is 0 Å². The van der Waals surface area contributed by atoms with Crippen molar-refractivity contribution >= 4 is 5.91 Å². The molecule has 1 amide bonds. The minimum Gasteiger partial charge on any atom is -0.439 e. The smallest absolute Gasteiger partial charge is 0.251 e. The summed E-state index contributed by atoms with van der Waals surface area (Å²) in [6.07, 6.45) is 1.38. The Morgan fingerprint density at radius 2 is 1.77 bits per heavy atom. The number of ether oxygens (including phenoxy) is 1. The van der Waals surface area contributed by atoms with E-state index in [2.05, 4.69) is 15.3 Å². The van der Waals surface area contributed by atoms with E-state index in [9.17, 15) is 9.18 Å². The third-order valence-corrected chi connectivity index (χ3v) is 4.80. The third-order valence-electron chi connectivity index (χ3n) is 4.80. The highest BCUT2D eigenvalue weighted by Crippen LogP contribution is 2.24. The maximum atomic E-state index is 13.2. The van der Waals surface area contributed by atoms with E-state index in [0.717, 1.165) is 16.7 Å². The van der Waals surface area contributed by atoms with Crippen molar-refractivity contribution < 1.29 is 13.9 Å². The van der Waals surface area contributed by atoms with Gasteiger partial charge in [-0.25, -0.2) is 14.4 Å². The number of hydrogen-bond donors (Lipinski definition) is 1. The van der Waals surface area contributed by atoms with E-state index in [1.54, 1.807) is 42.5 Å². The number of benzene rings is 3. The number of carbonyl (C=O) groups excluding carboxylic acids is 1. The minimum absolute atomic E-state index is 0.191. The number of aromatic nitrogens is 2. The summed E-state index contributed by atoms with van der Waals surface area (Å²) in [7, 11) is 0. The Kier molecular flexibility index (Phi) is 5.98. The molecule has 3 aromatic carbocycles. The largest absolute Gasteiger partial charge is 0.439 e. The van der Waals surface area contributed by atoms with Crippen LogP contribution in [-0.4, -0.2) is 15.9 Å². The zero-order chi connectivity index (χ0) is 21.6. The number of rotatable bonds is 6. The van der Waals surface area contributed by atoms with Crippen molar-refractivity contribution in [1.29, 1.82) is 0 Å². The average molecular weight is 413 g/mol. The molecule has 0 aliphatic rings. The van der Waals surface area contributed by atoms with Crippen LogP contribution in [0.2, 0.25) is 0 Å². The summed E-state index contributed by atoms with van der Waals surface area (Å²) in [5.41, 5.74) is 4.03. The second kappa shape index (κ2) is 9.17. The van der Waals surface area contributed by atoms with Crippen molar-refractivity contribution in [3.8, 4) is 22.9 Å². The third kappa shape index (κ3) is 5.11. The quantitative estimate of drug-likeness (QED) is 0.465. The molecule has 0 aliphatic heterocycles. The number of amides is 1. The lowest BCUT2D eigenvalue weighted by Gasteiger charge is -2.10. The molecule has 5 nitrogen and oxygen atoms in total. The number of hydrogen-bond acceptors (Lipinski definition) is 4. The van der Waals surface area contributed by atoms with Gasteiger partial charge in [-0.1, -0.05) is 30.3 Å². The first-order chi connectivity index (χ1) is 15.1. The number of nitrogens with zero attached hydrogens (tertiary/aromatic N) is 2. The zero-order valence-corrected chi connectivity index (χ0v) is 16.9. The summed E-state index contributed by atoms with van der Waals surface area (Å²) < 4.78 is 19.0. The summed E-state index contributed by atoms with van der Waals surface area (Å²) in [5.74, 6) is 0.300. The van der Waals surface area contributed by atoms with Crippen LogP contribution in [0.4, 0.5) is 4.39 Å². The number of halogens is 1. The van der Waals surface area contributed by atoms with Crippen molar-refractivity contribution in [1.82, 2.24) is 15.3 Å². The molecule has 1 N–H and O–H groups in total. The molecule has 1 heterocycles. The fourth-order valence-corrected chi connectivity index (χ4v) is 3.08. The van der Waals surface area contributed by atoms with E-state index in [0.29, 0.717) is 29.4 Å². The first-order valence-corrected chi connectivity index (χ1v) is 9.77. The van der Waals surface area contributed by atoms with Crippen LogP contribution < -0.4 is 10.1 Å². The Hall–Kier alpha value is -4.06. The van der Waals surface area contributed by atoms with Crippen LogP contribution in [0.3, 0.4) is 0 Å². The molecule has 31 heavy (non-hydrogen) atoms. The molecule has 0 saturated carbocycles. The van der Waals surface area contributed by atoms with Gasteiger partial charge >= 0.3 is 0 Å². The Labute approximate surface area is 179 Å². The predicted molar refractivity (Wildman–Crippen MR) is 116 cm³/mol. The van der Waals surface area contributed by atoms with Gasteiger partial charge in [0.15, 0.2) is 0 Å². The van der Waals surface area contributed by atoms with E-state index in [4.69, 9.17) is 4.74 Å². The van der Waals surface area contributed by atoms with Crippen molar-refractivity contribution in [2.24, 2.45) is 0 Å². The van der Waals surface area contributed by atoms with E-state index < -0.39 is 0 Å². The highest BCUT2D eigenvalue weighted by Gasteiger charge is 2.09. The lowest BCUT2D eigenvalue weighted by atomic mass is 10.1. The molecule has 4 aromatic rings. The molecule has 0 unspecified atom stereocenters. The molecule has 0 bridgehead atoms. The summed E-state index contributed by atoms with van der Waals surface area (Å²) in [5, 5.41) is 2.93. The predicted octanol–water partition coefficient (Wildman–Crippen LogP) is 5.31. The molecule has 0 saturated heterocycles. The van der Waals surface area contributed by atoms with Crippen molar-refractivity contribution in [3.05, 3.63) is 108 Å². The van der Waals surface area contributed by atoms with Crippen LogP contribution in [0.1, 0.15) is 21.5 Å². The first kappa shape index (κ1) is 20.2. The monoisotopic (exact) mass is 413 g/mol. The molecular weight excluding hydrogens is 393 g/mol. The van der Waals surface area contributed by atoms with E-state index >= 15 is 0 Å². The molecule has 4 rings (SSSR count). The van der Waals surface area contributed by atoms with E-state index in [-0.39, 0.29) is 11.7 Å². The molecule has 1 aromatic heterocycles.